The minimum Gasteiger partial charge on any atom is -0.478 e. The van der Waals surface area contributed by atoms with Crippen LogP contribution in [0.1, 0.15) is 46.6 Å². The molecule has 0 aliphatic heterocycles. The van der Waals surface area contributed by atoms with E-state index in [1.54, 1.807) is 0 Å². The van der Waals surface area contributed by atoms with Crippen LogP contribution in [0.3, 0.4) is 0 Å². The maximum absolute atomic E-state index is 8.37. The summed E-state index contributed by atoms with van der Waals surface area (Å²) in [4.78, 5) is 0. The van der Waals surface area contributed by atoms with E-state index < -0.39 is 0 Å². The Hall–Kier alpha value is -1.77. The van der Waals surface area contributed by atoms with Crippen molar-refractivity contribution in [2.75, 3.05) is 6.61 Å². The first kappa shape index (κ1) is 19.3. The highest BCUT2D eigenvalue weighted by Gasteiger charge is 2.27. The van der Waals surface area contributed by atoms with Gasteiger partial charge in [-0.1, -0.05) is 58.0 Å². The van der Waals surface area contributed by atoms with Gasteiger partial charge >= 0.3 is 0 Å². The second-order valence-corrected chi connectivity index (χ2v) is 6.48. The monoisotopic (exact) mass is 316 g/mol. The van der Waals surface area contributed by atoms with Crippen LogP contribution < -0.4 is 5.73 Å². The Kier molecular flexibility index (Phi) is 7.87. The number of nitrogens with two attached hydrogens (primary N) is 1. The average Bonchev–Trinajstić information content (AvgIpc) is 2.54. The molecule has 0 amide bonds. The van der Waals surface area contributed by atoms with Crippen LogP contribution in [-0.2, 0) is 11.2 Å². The van der Waals surface area contributed by atoms with Crippen LogP contribution in [0.15, 0.2) is 41.6 Å². The minimum absolute atomic E-state index is 0.186. The van der Waals surface area contributed by atoms with E-state index in [1.165, 1.54) is 5.56 Å². The Balaban J connectivity index is 3.25. The number of rotatable bonds is 8. The van der Waals surface area contributed by atoms with E-state index in [9.17, 15) is 0 Å². The maximum atomic E-state index is 8.37. The largest absolute Gasteiger partial charge is 0.478 e. The summed E-state index contributed by atoms with van der Waals surface area (Å²) in [5.74, 6) is 1.06. The second-order valence-electron chi connectivity index (χ2n) is 6.48. The van der Waals surface area contributed by atoms with Gasteiger partial charge in [-0.25, -0.2) is 0 Å². The molecule has 0 aromatic heterocycles. The van der Waals surface area contributed by atoms with Gasteiger partial charge in [-0.2, -0.15) is 0 Å². The lowest BCUT2D eigenvalue weighted by Crippen LogP contribution is -2.27. The van der Waals surface area contributed by atoms with Crippen LogP contribution in [0.4, 0.5) is 0 Å². The molecule has 0 aliphatic carbocycles. The van der Waals surface area contributed by atoms with E-state index in [1.807, 2.05) is 13.0 Å². The van der Waals surface area contributed by atoms with Crippen LogP contribution in [0, 0.1) is 23.2 Å². The van der Waals surface area contributed by atoms with E-state index in [-0.39, 0.29) is 17.7 Å². The molecule has 0 saturated heterocycles. The summed E-state index contributed by atoms with van der Waals surface area (Å²) in [6.07, 6.45) is 1.84. The fourth-order valence-corrected chi connectivity index (χ4v) is 2.76. The van der Waals surface area contributed by atoms with E-state index in [0.717, 1.165) is 24.1 Å². The van der Waals surface area contributed by atoms with Crippen molar-refractivity contribution in [1.29, 1.82) is 5.41 Å². The van der Waals surface area contributed by atoms with Crippen LogP contribution in [0.2, 0.25) is 0 Å². The zero-order chi connectivity index (χ0) is 17.4. The van der Waals surface area contributed by atoms with Crippen LogP contribution in [0.25, 0.3) is 0 Å². The molecule has 0 fully saturated rings. The van der Waals surface area contributed by atoms with E-state index in [0.29, 0.717) is 12.5 Å². The molecule has 0 bridgehead atoms. The standard InChI is InChI=1S/C20H32N2O/c1-6-15(5)19(21)18(20(22)23-7-2)17(14(3)4)13-16-11-9-8-10-12-16/h8-12,14-15,17,22H,6-7,13,21H2,1-5H3/b19-18-,22-20?. The van der Waals surface area contributed by atoms with Gasteiger partial charge in [-0.3, -0.25) is 5.41 Å². The maximum Gasteiger partial charge on any atom is 0.211 e. The molecule has 3 N–H and O–H groups in total. The highest BCUT2D eigenvalue weighted by molar-refractivity contribution is 5.92. The molecular weight excluding hydrogens is 284 g/mol. The van der Waals surface area contributed by atoms with E-state index in [4.69, 9.17) is 15.9 Å². The fourth-order valence-electron chi connectivity index (χ4n) is 2.76. The summed E-state index contributed by atoms with van der Waals surface area (Å²) >= 11 is 0. The van der Waals surface area contributed by atoms with Gasteiger partial charge in [-0.15, -0.1) is 0 Å². The fraction of sp³-hybridized carbons (Fsp3) is 0.550. The molecule has 2 atom stereocenters. The molecule has 3 nitrogen and oxygen atoms in total. The zero-order valence-electron chi connectivity index (χ0n) is 15.2. The number of ether oxygens (including phenoxy) is 1. The first-order valence-corrected chi connectivity index (χ1v) is 8.67. The zero-order valence-corrected chi connectivity index (χ0v) is 15.2. The van der Waals surface area contributed by atoms with Crippen molar-refractivity contribution < 1.29 is 4.74 Å². The first-order valence-electron chi connectivity index (χ1n) is 8.67. The van der Waals surface area contributed by atoms with Crippen LogP contribution in [0.5, 0.6) is 0 Å². The van der Waals surface area contributed by atoms with Gasteiger partial charge in [-0.05, 0) is 43.1 Å². The van der Waals surface area contributed by atoms with Crippen molar-refractivity contribution in [3.63, 3.8) is 0 Å². The normalized spacial score (nSPS) is 15.0. The summed E-state index contributed by atoms with van der Waals surface area (Å²) < 4.78 is 5.53. The van der Waals surface area contributed by atoms with Gasteiger partial charge in [0.15, 0.2) is 0 Å². The summed E-state index contributed by atoms with van der Waals surface area (Å²) in [6.45, 7) is 11.0. The molecule has 2 unspecified atom stereocenters. The quantitative estimate of drug-likeness (QED) is 0.536. The molecule has 0 spiro atoms. The summed E-state index contributed by atoms with van der Waals surface area (Å²) in [5.41, 5.74) is 9.42. The van der Waals surface area contributed by atoms with Crippen molar-refractivity contribution in [1.82, 2.24) is 0 Å². The third kappa shape index (κ3) is 5.42. The highest BCUT2D eigenvalue weighted by atomic mass is 16.5. The molecule has 23 heavy (non-hydrogen) atoms. The molecule has 3 heteroatoms. The summed E-state index contributed by atoms with van der Waals surface area (Å²) in [7, 11) is 0. The first-order chi connectivity index (χ1) is 10.9. The predicted molar refractivity (Wildman–Crippen MR) is 98.5 cm³/mol. The topological polar surface area (TPSA) is 59.1 Å². The summed E-state index contributed by atoms with van der Waals surface area (Å²) in [6, 6.07) is 10.4. The van der Waals surface area contributed by atoms with Gasteiger partial charge in [0.2, 0.25) is 5.90 Å². The molecule has 1 aromatic carbocycles. The van der Waals surface area contributed by atoms with Crippen LogP contribution >= 0.6 is 0 Å². The molecule has 0 aliphatic rings. The number of hydrogen-bond acceptors (Lipinski definition) is 3. The Morgan fingerprint density at radius 2 is 1.74 bits per heavy atom. The molecule has 0 heterocycles. The molecule has 1 aromatic rings. The van der Waals surface area contributed by atoms with E-state index >= 15 is 0 Å². The molecule has 128 valence electrons. The second kappa shape index (κ2) is 9.39. The number of benzene rings is 1. The lowest BCUT2D eigenvalue weighted by atomic mass is 9.80. The average molecular weight is 316 g/mol. The molecule has 0 saturated carbocycles. The SMILES string of the molecule is CCOC(=N)/C(=C(\N)C(C)CC)C(Cc1ccccc1)C(C)C. The Morgan fingerprint density at radius 3 is 2.22 bits per heavy atom. The third-order valence-corrected chi connectivity index (χ3v) is 4.46. The van der Waals surface area contributed by atoms with Gasteiger partial charge in [0.1, 0.15) is 0 Å². The summed E-state index contributed by atoms with van der Waals surface area (Å²) in [5, 5.41) is 8.37. The van der Waals surface area contributed by atoms with Crippen molar-refractivity contribution in [3.8, 4) is 0 Å². The van der Waals surface area contributed by atoms with Gasteiger partial charge in [0, 0.05) is 11.3 Å². The Labute approximate surface area is 141 Å². The Bertz CT molecular complexity index is 520. The molecule has 0 radical (unpaired) electrons. The molecular formula is C20H32N2O. The van der Waals surface area contributed by atoms with Gasteiger partial charge in [0.25, 0.3) is 0 Å². The highest BCUT2D eigenvalue weighted by Crippen LogP contribution is 2.30. The van der Waals surface area contributed by atoms with Crippen molar-refractivity contribution in [3.05, 3.63) is 47.2 Å². The smallest absolute Gasteiger partial charge is 0.211 e. The number of nitrogens with one attached hydrogen (secondary N) is 1. The van der Waals surface area contributed by atoms with Crippen LogP contribution in [-0.4, -0.2) is 12.5 Å². The predicted octanol–water partition coefficient (Wildman–Crippen LogP) is 4.77. The minimum atomic E-state index is 0.186. The van der Waals surface area contributed by atoms with Gasteiger partial charge in [0.05, 0.1) is 6.61 Å². The van der Waals surface area contributed by atoms with Gasteiger partial charge < -0.3 is 10.5 Å². The lowest BCUT2D eigenvalue weighted by molar-refractivity contribution is 0.312. The third-order valence-electron chi connectivity index (χ3n) is 4.46. The number of allylic oxidation sites excluding steroid dienone is 1. The van der Waals surface area contributed by atoms with Crippen molar-refractivity contribution >= 4 is 5.90 Å². The number of hydrogen-bond donors (Lipinski definition) is 2. The van der Waals surface area contributed by atoms with E-state index in [2.05, 4.69) is 52.0 Å². The molecule has 1 rings (SSSR count). The Morgan fingerprint density at radius 1 is 1.13 bits per heavy atom. The lowest BCUT2D eigenvalue weighted by Gasteiger charge is -2.28. The van der Waals surface area contributed by atoms with Crippen molar-refractivity contribution in [2.24, 2.45) is 23.5 Å². The van der Waals surface area contributed by atoms with Crippen molar-refractivity contribution in [2.45, 2.75) is 47.5 Å².